The topological polar surface area (TPSA) is 56.3 Å². The Hall–Kier alpha value is -1.98. The van der Waals surface area contributed by atoms with Crippen LogP contribution in [-0.4, -0.2) is 35.8 Å². The molecule has 2 aromatic heterocycles. The smallest absolute Gasteiger partial charge is 0.140 e. The van der Waals surface area contributed by atoms with Crippen molar-refractivity contribution in [3.05, 3.63) is 53.1 Å². The van der Waals surface area contributed by atoms with Crippen LogP contribution < -0.4 is 10.1 Å². The first-order chi connectivity index (χ1) is 16.1. The molecule has 1 spiro atoms. The van der Waals surface area contributed by atoms with Gasteiger partial charge in [-0.25, -0.2) is 0 Å². The molecule has 1 aliphatic heterocycles. The van der Waals surface area contributed by atoms with Crippen LogP contribution in [0.5, 0.6) is 5.75 Å². The maximum atomic E-state index is 6.43. The third kappa shape index (κ3) is 4.81. The fraction of sp³-hybridized carbons (Fsp3) is 0.643. The van der Waals surface area contributed by atoms with Gasteiger partial charge in [-0.3, -0.25) is 9.97 Å². The fourth-order valence-electron chi connectivity index (χ4n) is 6.24. The summed E-state index contributed by atoms with van der Waals surface area (Å²) in [5, 5.41) is 3.68. The van der Waals surface area contributed by atoms with Gasteiger partial charge in [-0.05, 0) is 87.6 Å². The number of pyridine rings is 2. The molecule has 0 radical (unpaired) electrons. The third-order valence-electron chi connectivity index (χ3n) is 8.50. The zero-order valence-electron chi connectivity index (χ0n) is 20.4. The molecule has 3 aliphatic rings. The van der Waals surface area contributed by atoms with Crippen LogP contribution in [0.3, 0.4) is 0 Å². The van der Waals surface area contributed by atoms with Crippen molar-refractivity contribution in [2.24, 2.45) is 0 Å². The van der Waals surface area contributed by atoms with Crippen LogP contribution in [0.25, 0.3) is 0 Å². The maximum Gasteiger partial charge on any atom is 0.140 e. The lowest BCUT2D eigenvalue weighted by Crippen LogP contribution is -2.47. The van der Waals surface area contributed by atoms with Crippen molar-refractivity contribution in [2.45, 2.75) is 94.6 Å². The Bertz CT molecular complexity index is 935. The lowest BCUT2D eigenvalue weighted by Gasteiger charge is -2.46. The first-order valence-electron chi connectivity index (χ1n) is 12.9. The summed E-state index contributed by atoms with van der Waals surface area (Å²) in [5.41, 5.74) is 4.97. The Morgan fingerprint density at radius 3 is 2.64 bits per heavy atom. The van der Waals surface area contributed by atoms with E-state index < -0.39 is 0 Å². The average molecular weight is 450 g/mol. The molecule has 0 bridgehead atoms. The van der Waals surface area contributed by atoms with Crippen LogP contribution in [0.1, 0.15) is 92.6 Å². The summed E-state index contributed by atoms with van der Waals surface area (Å²) in [4.78, 5) is 9.56. The van der Waals surface area contributed by atoms with Gasteiger partial charge in [0.15, 0.2) is 0 Å². The molecule has 178 valence electrons. The molecule has 1 N–H and O–H groups in total. The van der Waals surface area contributed by atoms with Gasteiger partial charge in [-0.15, -0.1) is 0 Å². The van der Waals surface area contributed by atoms with Crippen LogP contribution in [0.2, 0.25) is 0 Å². The zero-order valence-corrected chi connectivity index (χ0v) is 20.4. The Kier molecular flexibility index (Phi) is 6.71. The molecule has 33 heavy (non-hydrogen) atoms. The molecule has 5 rings (SSSR count). The highest BCUT2D eigenvalue weighted by Crippen LogP contribution is 2.50. The third-order valence-corrected chi connectivity index (χ3v) is 8.50. The second-order valence-electron chi connectivity index (χ2n) is 10.6. The number of rotatable bonds is 8. The molecule has 1 saturated heterocycles. The molecule has 5 nitrogen and oxygen atoms in total. The van der Waals surface area contributed by atoms with Crippen LogP contribution in [0.15, 0.2) is 30.6 Å². The largest absolute Gasteiger partial charge is 0.495 e. The van der Waals surface area contributed by atoms with Crippen molar-refractivity contribution in [2.75, 3.05) is 20.3 Å². The van der Waals surface area contributed by atoms with Crippen molar-refractivity contribution in [3.8, 4) is 5.75 Å². The summed E-state index contributed by atoms with van der Waals surface area (Å²) in [6.45, 7) is 4.59. The van der Waals surface area contributed by atoms with Gasteiger partial charge in [0.1, 0.15) is 5.75 Å². The number of aromatic nitrogens is 2. The number of ether oxygens (including phenoxy) is 2. The van der Waals surface area contributed by atoms with Gasteiger partial charge < -0.3 is 14.8 Å². The van der Waals surface area contributed by atoms with Crippen molar-refractivity contribution < 1.29 is 9.47 Å². The predicted octanol–water partition coefficient (Wildman–Crippen LogP) is 5.60. The Labute approximate surface area is 198 Å². The quantitative estimate of drug-likeness (QED) is 0.532. The Balaban J connectivity index is 1.30. The minimum absolute atomic E-state index is 0.0703. The molecule has 3 heterocycles. The molecule has 5 heteroatoms. The Morgan fingerprint density at radius 2 is 1.94 bits per heavy atom. The summed E-state index contributed by atoms with van der Waals surface area (Å²) in [5.74, 6) is 1.59. The number of nitrogens with zero attached hydrogens (tertiary/aromatic N) is 2. The van der Waals surface area contributed by atoms with Crippen molar-refractivity contribution in [1.29, 1.82) is 0 Å². The monoisotopic (exact) mass is 449 g/mol. The SMILES string of the molecule is COc1cc(CNCC[C@@]2(c3ccc(C4CCC4)cn3)CCOC3(CCCC3)C2)cnc1C. The highest BCUT2D eigenvalue weighted by molar-refractivity contribution is 5.30. The van der Waals surface area contributed by atoms with Gasteiger partial charge in [-0.1, -0.05) is 25.3 Å². The second-order valence-corrected chi connectivity index (χ2v) is 10.6. The van der Waals surface area contributed by atoms with Gasteiger partial charge in [0.05, 0.1) is 18.4 Å². The van der Waals surface area contributed by atoms with Crippen LogP contribution in [-0.2, 0) is 16.7 Å². The first-order valence-corrected chi connectivity index (χ1v) is 12.9. The molecule has 3 fully saturated rings. The molecule has 0 aromatic carbocycles. The van der Waals surface area contributed by atoms with Crippen molar-refractivity contribution >= 4 is 0 Å². The standard InChI is InChI=1S/C28H39N3O2/c1-21-25(32-2)16-22(18-30-21)17-29-14-12-27(13-15-33-28(20-27)10-3-4-11-28)26-9-8-24(19-31-26)23-6-5-7-23/h8-9,16,18-19,23,29H,3-7,10-15,17,20H2,1-2H3/t27-/m1/s1. The van der Waals surface area contributed by atoms with E-state index in [1.165, 1.54) is 56.2 Å². The molecular formula is C28H39N3O2. The maximum absolute atomic E-state index is 6.43. The van der Waals surface area contributed by atoms with E-state index >= 15 is 0 Å². The van der Waals surface area contributed by atoms with Gasteiger partial charge in [0, 0.05) is 36.7 Å². The molecule has 0 amide bonds. The van der Waals surface area contributed by atoms with Crippen LogP contribution >= 0.6 is 0 Å². The fourth-order valence-corrected chi connectivity index (χ4v) is 6.24. The molecular weight excluding hydrogens is 410 g/mol. The zero-order chi connectivity index (χ0) is 22.7. The molecule has 0 unspecified atom stereocenters. The van der Waals surface area contributed by atoms with E-state index in [9.17, 15) is 0 Å². The molecule has 2 aliphatic carbocycles. The number of aryl methyl sites for hydroxylation is 1. The van der Waals surface area contributed by atoms with Gasteiger partial charge in [-0.2, -0.15) is 0 Å². The van der Waals surface area contributed by atoms with Crippen molar-refractivity contribution in [1.82, 2.24) is 15.3 Å². The number of hydrogen-bond acceptors (Lipinski definition) is 5. The first kappa shape index (κ1) is 22.8. The summed E-state index contributed by atoms with van der Waals surface area (Å²) >= 11 is 0. The summed E-state index contributed by atoms with van der Waals surface area (Å²) in [6.07, 6.45) is 16.4. The predicted molar refractivity (Wildman–Crippen MR) is 131 cm³/mol. The van der Waals surface area contributed by atoms with Crippen LogP contribution in [0, 0.1) is 6.92 Å². The summed E-state index contributed by atoms with van der Waals surface area (Å²) in [7, 11) is 1.71. The van der Waals surface area contributed by atoms with E-state index in [1.54, 1.807) is 7.11 Å². The van der Waals surface area contributed by atoms with E-state index in [0.717, 1.165) is 61.9 Å². The Morgan fingerprint density at radius 1 is 1.09 bits per heavy atom. The summed E-state index contributed by atoms with van der Waals surface area (Å²) in [6, 6.07) is 6.80. The van der Waals surface area contributed by atoms with Gasteiger partial charge >= 0.3 is 0 Å². The number of nitrogens with one attached hydrogen (secondary N) is 1. The summed E-state index contributed by atoms with van der Waals surface area (Å²) < 4.78 is 11.9. The highest BCUT2D eigenvalue weighted by Gasteiger charge is 2.48. The molecule has 1 atom stereocenters. The van der Waals surface area contributed by atoms with E-state index in [0.29, 0.717) is 0 Å². The average Bonchev–Trinajstić information content (AvgIpc) is 3.24. The molecule has 2 saturated carbocycles. The van der Waals surface area contributed by atoms with E-state index in [-0.39, 0.29) is 11.0 Å². The number of hydrogen-bond donors (Lipinski definition) is 1. The highest BCUT2D eigenvalue weighted by atomic mass is 16.5. The normalized spacial score (nSPS) is 24.7. The van der Waals surface area contributed by atoms with Crippen molar-refractivity contribution in [3.63, 3.8) is 0 Å². The van der Waals surface area contributed by atoms with E-state index in [2.05, 4.69) is 34.7 Å². The van der Waals surface area contributed by atoms with Gasteiger partial charge in [0.2, 0.25) is 0 Å². The van der Waals surface area contributed by atoms with Gasteiger partial charge in [0.25, 0.3) is 0 Å². The second kappa shape index (κ2) is 9.71. The lowest BCUT2D eigenvalue weighted by molar-refractivity contribution is -0.104. The minimum atomic E-state index is 0.0703. The molecule has 2 aromatic rings. The minimum Gasteiger partial charge on any atom is -0.495 e. The van der Waals surface area contributed by atoms with Crippen LogP contribution in [0.4, 0.5) is 0 Å². The van der Waals surface area contributed by atoms with E-state index in [4.69, 9.17) is 14.5 Å². The lowest BCUT2D eigenvalue weighted by atomic mass is 9.67. The number of methoxy groups -OCH3 is 1. The van der Waals surface area contributed by atoms with E-state index in [1.807, 2.05) is 13.1 Å².